The summed E-state index contributed by atoms with van der Waals surface area (Å²) < 4.78 is 46.6. The van der Waals surface area contributed by atoms with Crippen LogP contribution in [-0.2, 0) is 16.3 Å². The van der Waals surface area contributed by atoms with E-state index in [1.165, 1.54) is 24.4 Å². The van der Waals surface area contributed by atoms with E-state index in [1.54, 1.807) is 42.0 Å². The number of hydrogen-bond acceptors (Lipinski definition) is 6. The quantitative estimate of drug-likeness (QED) is 0.297. The highest BCUT2D eigenvalue weighted by molar-refractivity contribution is 7.91. The van der Waals surface area contributed by atoms with E-state index in [1.807, 2.05) is 0 Å². The van der Waals surface area contributed by atoms with Gasteiger partial charge in [0, 0.05) is 37.3 Å². The SMILES string of the molecule is CCOc1cc(F)ccc1S(=O)(=O)c1ccc(CCC(=O)c2cnc3nccn3c2)cc1. The van der Waals surface area contributed by atoms with Crippen LogP contribution in [0.2, 0.25) is 0 Å². The molecule has 0 amide bonds. The van der Waals surface area contributed by atoms with Gasteiger partial charge in [-0.2, -0.15) is 0 Å². The lowest BCUT2D eigenvalue weighted by Crippen LogP contribution is -2.07. The van der Waals surface area contributed by atoms with E-state index >= 15 is 0 Å². The Morgan fingerprint density at radius 2 is 1.91 bits per heavy atom. The molecule has 0 aliphatic rings. The second-order valence-electron chi connectivity index (χ2n) is 7.07. The van der Waals surface area contributed by atoms with Gasteiger partial charge >= 0.3 is 0 Å². The molecular weight excluding hydrogens is 433 g/mol. The lowest BCUT2D eigenvalue weighted by Gasteiger charge is -2.11. The lowest BCUT2D eigenvalue weighted by molar-refractivity contribution is 0.0982. The van der Waals surface area contributed by atoms with Crippen LogP contribution in [0.3, 0.4) is 0 Å². The van der Waals surface area contributed by atoms with Crippen molar-refractivity contribution >= 4 is 21.4 Å². The second kappa shape index (κ2) is 8.88. The molecule has 0 radical (unpaired) electrons. The Bertz CT molecular complexity index is 1380. The Hall–Kier alpha value is -3.59. The summed E-state index contributed by atoms with van der Waals surface area (Å²) in [6.45, 7) is 1.91. The largest absolute Gasteiger partial charge is 0.492 e. The molecule has 0 atom stereocenters. The van der Waals surface area contributed by atoms with Crippen molar-refractivity contribution < 1.29 is 22.3 Å². The zero-order chi connectivity index (χ0) is 22.7. The Balaban J connectivity index is 1.48. The number of aromatic nitrogens is 3. The monoisotopic (exact) mass is 453 g/mol. The predicted octanol–water partition coefficient (Wildman–Crippen LogP) is 3.92. The van der Waals surface area contributed by atoms with Gasteiger partial charge in [0.1, 0.15) is 16.5 Å². The maximum Gasteiger partial charge on any atom is 0.233 e. The molecule has 2 aromatic heterocycles. The minimum absolute atomic E-state index is 0.0226. The van der Waals surface area contributed by atoms with Crippen molar-refractivity contribution in [2.24, 2.45) is 0 Å². The fraction of sp³-hybridized carbons (Fsp3) is 0.174. The van der Waals surface area contributed by atoms with Crippen molar-refractivity contribution in [2.75, 3.05) is 6.61 Å². The number of aryl methyl sites for hydroxylation is 1. The molecule has 0 aliphatic carbocycles. The van der Waals surface area contributed by atoms with E-state index in [2.05, 4.69) is 9.97 Å². The first-order valence-electron chi connectivity index (χ1n) is 9.97. The maximum atomic E-state index is 13.5. The first-order chi connectivity index (χ1) is 15.4. The van der Waals surface area contributed by atoms with Gasteiger partial charge in [-0.3, -0.25) is 9.20 Å². The number of rotatable bonds is 8. The van der Waals surface area contributed by atoms with Crippen molar-refractivity contribution in [3.05, 3.63) is 84.2 Å². The van der Waals surface area contributed by atoms with Gasteiger partial charge in [-0.15, -0.1) is 0 Å². The minimum Gasteiger partial charge on any atom is -0.492 e. The summed E-state index contributed by atoms with van der Waals surface area (Å²) in [5.41, 5.74) is 1.30. The molecule has 2 aromatic carbocycles. The molecule has 0 bridgehead atoms. The highest BCUT2D eigenvalue weighted by Crippen LogP contribution is 2.30. The zero-order valence-corrected chi connectivity index (χ0v) is 18.0. The Morgan fingerprint density at radius 1 is 1.12 bits per heavy atom. The standard InChI is InChI=1S/C23H20FN3O4S/c1-2-31-21-13-18(24)6-10-22(21)32(29,30)19-7-3-16(4-8-19)5-9-20(28)17-14-26-23-25-11-12-27(23)15-17/h3-4,6-8,10-15H,2,5,9H2,1H3. The van der Waals surface area contributed by atoms with Crippen molar-refractivity contribution in [3.8, 4) is 5.75 Å². The average molecular weight is 453 g/mol. The number of hydrogen-bond donors (Lipinski definition) is 0. The Kier molecular flexibility index (Phi) is 6.00. The minimum atomic E-state index is -3.89. The Morgan fingerprint density at radius 3 is 2.66 bits per heavy atom. The van der Waals surface area contributed by atoms with Gasteiger partial charge in [-0.1, -0.05) is 12.1 Å². The Labute approximate surface area is 184 Å². The molecule has 0 saturated carbocycles. The zero-order valence-electron chi connectivity index (χ0n) is 17.2. The molecule has 164 valence electrons. The smallest absolute Gasteiger partial charge is 0.233 e. The summed E-state index contributed by atoms with van der Waals surface area (Å²) >= 11 is 0. The van der Waals surface area contributed by atoms with Crippen LogP contribution in [0.5, 0.6) is 5.75 Å². The predicted molar refractivity (Wildman–Crippen MR) is 115 cm³/mol. The van der Waals surface area contributed by atoms with Crippen molar-refractivity contribution in [1.29, 1.82) is 0 Å². The summed E-state index contributed by atoms with van der Waals surface area (Å²) in [5, 5.41) is 0. The molecule has 9 heteroatoms. The molecule has 0 fully saturated rings. The van der Waals surface area contributed by atoms with Gasteiger partial charge < -0.3 is 4.74 Å². The first-order valence-corrected chi connectivity index (χ1v) is 11.4. The number of Topliss-reactive ketones (excluding diaryl/α,β-unsaturated/α-hetero) is 1. The van der Waals surface area contributed by atoms with Gasteiger partial charge in [0.15, 0.2) is 5.78 Å². The number of imidazole rings is 1. The van der Waals surface area contributed by atoms with Gasteiger partial charge in [0.25, 0.3) is 0 Å². The van der Waals surface area contributed by atoms with E-state index in [4.69, 9.17) is 4.74 Å². The summed E-state index contributed by atoms with van der Waals surface area (Å²) in [5.74, 6) is -0.148. The number of sulfone groups is 1. The summed E-state index contributed by atoms with van der Waals surface area (Å²) in [6, 6.07) is 9.65. The molecule has 0 N–H and O–H groups in total. The summed E-state index contributed by atoms with van der Waals surface area (Å²) in [6.07, 6.45) is 7.21. The van der Waals surface area contributed by atoms with Crippen LogP contribution in [-0.4, -0.2) is 35.2 Å². The second-order valence-corrected chi connectivity index (χ2v) is 8.99. The van der Waals surface area contributed by atoms with Crippen molar-refractivity contribution in [1.82, 2.24) is 14.4 Å². The lowest BCUT2D eigenvalue weighted by atomic mass is 10.0. The number of halogens is 1. The highest BCUT2D eigenvalue weighted by atomic mass is 32.2. The molecule has 4 rings (SSSR count). The molecule has 32 heavy (non-hydrogen) atoms. The van der Waals surface area contributed by atoms with Crippen LogP contribution in [0, 0.1) is 5.82 Å². The van der Waals surface area contributed by atoms with E-state index in [0.29, 0.717) is 17.8 Å². The normalized spacial score (nSPS) is 11.6. The van der Waals surface area contributed by atoms with E-state index < -0.39 is 15.7 Å². The molecule has 4 aromatic rings. The average Bonchev–Trinajstić information content (AvgIpc) is 3.26. The maximum absolute atomic E-state index is 13.5. The number of ketones is 1. The molecule has 0 aliphatic heterocycles. The van der Waals surface area contributed by atoms with Gasteiger partial charge in [0.05, 0.1) is 17.1 Å². The van der Waals surface area contributed by atoms with Crippen LogP contribution in [0.15, 0.2) is 77.0 Å². The van der Waals surface area contributed by atoms with Gasteiger partial charge in [0.2, 0.25) is 15.6 Å². The molecule has 0 unspecified atom stereocenters. The molecule has 0 saturated heterocycles. The number of benzene rings is 2. The van der Waals surface area contributed by atoms with Crippen LogP contribution in [0.1, 0.15) is 29.3 Å². The van der Waals surface area contributed by atoms with Gasteiger partial charge in [-0.05, 0) is 43.2 Å². The number of carbonyl (C=O) groups excluding carboxylic acids is 1. The molecule has 7 nitrogen and oxygen atoms in total. The number of nitrogens with zero attached hydrogens (tertiary/aromatic N) is 3. The van der Waals surface area contributed by atoms with Crippen LogP contribution in [0.4, 0.5) is 4.39 Å². The fourth-order valence-electron chi connectivity index (χ4n) is 3.30. The first kappa shape index (κ1) is 21.6. The highest BCUT2D eigenvalue weighted by Gasteiger charge is 2.23. The van der Waals surface area contributed by atoms with Crippen LogP contribution < -0.4 is 4.74 Å². The number of carbonyl (C=O) groups is 1. The van der Waals surface area contributed by atoms with Crippen molar-refractivity contribution in [2.45, 2.75) is 29.6 Å². The van der Waals surface area contributed by atoms with Crippen LogP contribution in [0.25, 0.3) is 5.78 Å². The fourth-order valence-corrected chi connectivity index (χ4v) is 4.68. The molecule has 0 spiro atoms. The summed E-state index contributed by atoms with van der Waals surface area (Å²) in [4.78, 5) is 20.7. The third kappa shape index (κ3) is 4.38. The number of fused-ring (bicyclic) bond motifs is 1. The number of ether oxygens (including phenoxy) is 1. The van der Waals surface area contributed by atoms with E-state index in [-0.39, 0.29) is 34.4 Å². The van der Waals surface area contributed by atoms with Crippen molar-refractivity contribution in [3.63, 3.8) is 0 Å². The van der Waals surface area contributed by atoms with Gasteiger partial charge in [-0.25, -0.2) is 22.8 Å². The van der Waals surface area contributed by atoms with Crippen LogP contribution >= 0.6 is 0 Å². The molecule has 2 heterocycles. The topological polar surface area (TPSA) is 90.6 Å². The third-order valence-corrected chi connectivity index (χ3v) is 6.75. The van der Waals surface area contributed by atoms with E-state index in [0.717, 1.165) is 17.7 Å². The molecular formula is C23H20FN3O4S. The summed E-state index contributed by atoms with van der Waals surface area (Å²) in [7, 11) is -3.89. The van der Waals surface area contributed by atoms with E-state index in [9.17, 15) is 17.6 Å². The third-order valence-electron chi connectivity index (χ3n) is 4.94.